The highest BCUT2D eigenvalue weighted by atomic mass is 19.1. The Hall–Kier alpha value is -3.20. The Morgan fingerprint density at radius 2 is 2.04 bits per heavy atom. The van der Waals surface area contributed by atoms with Gasteiger partial charge in [-0.05, 0) is 23.8 Å². The number of H-pyrrole nitrogens is 1. The third-order valence-corrected chi connectivity index (χ3v) is 4.52. The number of aromatic carboxylic acids is 1. The van der Waals surface area contributed by atoms with Gasteiger partial charge in [0.1, 0.15) is 35.1 Å². The highest BCUT2D eigenvalue weighted by molar-refractivity contribution is 5.85. The number of nitrogens with one attached hydrogen (secondary N) is 1. The van der Waals surface area contributed by atoms with E-state index in [1.807, 2.05) is 0 Å². The second-order valence-electron chi connectivity index (χ2n) is 6.16. The molecule has 0 aliphatic heterocycles. The molecule has 0 amide bonds. The summed E-state index contributed by atoms with van der Waals surface area (Å²) in [7, 11) is 0. The zero-order chi connectivity index (χ0) is 19.6. The van der Waals surface area contributed by atoms with Crippen molar-refractivity contribution in [2.45, 2.75) is 24.9 Å². The van der Waals surface area contributed by atoms with E-state index in [1.165, 1.54) is 24.7 Å². The van der Waals surface area contributed by atoms with Gasteiger partial charge in [0.15, 0.2) is 0 Å². The van der Waals surface area contributed by atoms with Crippen molar-refractivity contribution in [3.05, 3.63) is 77.1 Å². The van der Waals surface area contributed by atoms with Crippen LogP contribution in [0, 0.1) is 11.6 Å². The first-order valence-corrected chi connectivity index (χ1v) is 8.02. The van der Waals surface area contributed by atoms with Gasteiger partial charge >= 0.3 is 5.97 Å². The standard InChI is InChI=1S/C18H16F2N4O3/c1-10(11-4-5-21-15(6-11)17(25)26)18(27,8-16-22-9-23-24-16)13-3-2-12(19)7-14(13)20/h2-7,9-10,27H,8H2,1H3,(H,25,26)(H,22,23,24). The number of aromatic nitrogens is 4. The van der Waals surface area contributed by atoms with Crippen molar-refractivity contribution in [2.24, 2.45) is 0 Å². The zero-order valence-corrected chi connectivity index (χ0v) is 14.2. The number of aliphatic hydroxyl groups is 1. The van der Waals surface area contributed by atoms with E-state index in [0.717, 1.165) is 12.1 Å². The van der Waals surface area contributed by atoms with Crippen LogP contribution in [0.3, 0.4) is 0 Å². The monoisotopic (exact) mass is 374 g/mol. The number of hydrogen-bond acceptors (Lipinski definition) is 5. The van der Waals surface area contributed by atoms with E-state index >= 15 is 0 Å². The van der Waals surface area contributed by atoms with Gasteiger partial charge in [0.2, 0.25) is 0 Å². The van der Waals surface area contributed by atoms with Crippen molar-refractivity contribution < 1.29 is 23.8 Å². The van der Waals surface area contributed by atoms with Crippen LogP contribution in [0.2, 0.25) is 0 Å². The summed E-state index contributed by atoms with van der Waals surface area (Å²) in [5.74, 6) is -3.40. The molecular formula is C18H16F2N4O3. The SMILES string of the molecule is CC(c1ccnc(C(=O)O)c1)C(O)(Cc1ncn[nH]1)c1ccc(F)cc1F. The Morgan fingerprint density at radius 1 is 1.26 bits per heavy atom. The topological polar surface area (TPSA) is 112 Å². The summed E-state index contributed by atoms with van der Waals surface area (Å²) in [6.07, 6.45) is 2.39. The minimum Gasteiger partial charge on any atom is -0.477 e. The molecule has 0 aliphatic carbocycles. The number of hydrogen-bond donors (Lipinski definition) is 3. The summed E-state index contributed by atoms with van der Waals surface area (Å²) < 4.78 is 27.9. The second kappa shape index (κ2) is 7.20. The molecule has 0 radical (unpaired) electrons. The van der Waals surface area contributed by atoms with E-state index in [0.29, 0.717) is 17.5 Å². The number of benzene rings is 1. The van der Waals surface area contributed by atoms with Crippen molar-refractivity contribution in [3.63, 3.8) is 0 Å². The van der Waals surface area contributed by atoms with Crippen molar-refractivity contribution >= 4 is 5.97 Å². The van der Waals surface area contributed by atoms with Crippen LogP contribution in [0.25, 0.3) is 0 Å². The Bertz CT molecular complexity index is 965. The van der Waals surface area contributed by atoms with E-state index in [1.54, 1.807) is 6.92 Å². The van der Waals surface area contributed by atoms with Crippen LogP contribution >= 0.6 is 0 Å². The minimum atomic E-state index is -1.85. The van der Waals surface area contributed by atoms with E-state index in [2.05, 4.69) is 20.2 Å². The quantitative estimate of drug-likeness (QED) is 0.611. The molecule has 1 aromatic carbocycles. The lowest BCUT2D eigenvalue weighted by Gasteiger charge is -2.34. The molecule has 0 fully saturated rings. The van der Waals surface area contributed by atoms with Crippen molar-refractivity contribution in [2.75, 3.05) is 0 Å². The van der Waals surface area contributed by atoms with Crippen LogP contribution in [0.1, 0.15) is 40.3 Å². The first kappa shape index (κ1) is 18.6. The number of halogens is 2. The van der Waals surface area contributed by atoms with E-state index in [4.69, 9.17) is 5.11 Å². The maximum absolute atomic E-state index is 14.5. The largest absolute Gasteiger partial charge is 0.477 e. The lowest BCUT2D eigenvalue weighted by Crippen LogP contribution is -2.36. The summed E-state index contributed by atoms with van der Waals surface area (Å²) in [4.78, 5) is 18.9. The van der Waals surface area contributed by atoms with E-state index in [9.17, 15) is 18.7 Å². The van der Waals surface area contributed by atoms with Crippen LogP contribution < -0.4 is 0 Å². The molecule has 3 rings (SSSR count). The van der Waals surface area contributed by atoms with Gasteiger partial charge in [0.25, 0.3) is 0 Å². The smallest absolute Gasteiger partial charge is 0.354 e. The molecule has 9 heteroatoms. The average molecular weight is 374 g/mol. The van der Waals surface area contributed by atoms with E-state index < -0.39 is 29.1 Å². The van der Waals surface area contributed by atoms with Gasteiger partial charge < -0.3 is 10.2 Å². The van der Waals surface area contributed by atoms with Crippen molar-refractivity contribution in [1.29, 1.82) is 0 Å². The highest BCUT2D eigenvalue weighted by Gasteiger charge is 2.40. The number of aromatic amines is 1. The first-order valence-electron chi connectivity index (χ1n) is 8.02. The molecule has 0 saturated heterocycles. The maximum atomic E-state index is 14.5. The summed E-state index contributed by atoms with van der Waals surface area (Å²) in [5, 5.41) is 26.9. The molecule has 7 nitrogen and oxygen atoms in total. The van der Waals surface area contributed by atoms with Gasteiger partial charge in [-0.2, -0.15) is 5.10 Å². The molecule has 140 valence electrons. The predicted molar refractivity (Wildman–Crippen MR) is 90.0 cm³/mol. The predicted octanol–water partition coefficient (Wildman–Crippen LogP) is 2.41. The number of pyridine rings is 1. The minimum absolute atomic E-state index is 0.138. The molecular weight excluding hydrogens is 358 g/mol. The first-order chi connectivity index (χ1) is 12.8. The van der Waals surface area contributed by atoms with Crippen molar-refractivity contribution in [1.82, 2.24) is 20.2 Å². The summed E-state index contributed by atoms with van der Waals surface area (Å²) in [5.41, 5.74) is -1.77. The molecule has 3 aromatic rings. The highest BCUT2D eigenvalue weighted by Crippen LogP contribution is 2.40. The summed E-state index contributed by atoms with van der Waals surface area (Å²) in [6, 6.07) is 5.73. The molecule has 2 unspecified atom stereocenters. The maximum Gasteiger partial charge on any atom is 0.354 e. The molecule has 0 bridgehead atoms. The fourth-order valence-corrected chi connectivity index (χ4v) is 3.00. The molecule has 2 aromatic heterocycles. The summed E-state index contributed by atoms with van der Waals surface area (Å²) in [6.45, 7) is 1.61. The number of carbonyl (C=O) groups is 1. The van der Waals surface area contributed by atoms with Crippen LogP contribution in [0.5, 0.6) is 0 Å². The van der Waals surface area contributed by atoms with Gasteiger partial charge in [-0.25, -0.2) is 23.5 Å². The zero-order valence-electron chi connectivity index (χ0n) is 14.2. The Labute approximate surface area is 152 Å². The summed E-state index contributed by atoms with van der Waals surface area (Å²) >= 11 is 0. The second-order valence-corrected chi connectivity index (χ2v) is 6.16. The number of nitrogens with zero attached hydrogens (tertiary/aromatic N) is 3. The van der Waals surface area contributed by atoms with Crippen LogP contribution in [-0.2, 0) is 12.0 Å². The van der Waals surface area contributed by atoms with Gasteiger partial charge in [-0.3, -0.25) is 5.10 Å². The molecule has 0 spiro atoms. The van der Waals surface area contributed by atoms with Crippen molar-refractivity contribution in [3.8, 4) is 0 Å². The van der Waals surface area contributed by atoms with Gasteiger partial charge in [-0.15, -0.1) is 0 Å². The fraction of sp³-hybridized carbons (Fsp3) is 0.222. The molecule has 0 aliphatic rings. The number of carboxylic acids is 1. The third kappa shape index (κ3) is 3.68. The normalized spacial score (nSPS) is 14.5. The Balaban J connectivity index is 2.11. The van der Waals surface area contributed by atoms with Crippen LogP contribution in [0.4, 0.5) is 8.78 Å². The molecule has 27 heavy (non-hydrogen) atoms. The lowest BCUT2D eigenvalue weighted by molar-refractivity contribution is 0.00732. The third-order valence-electron chi connectivity index (χ3n) is 4.52. The van der Waals surface area contributed by atoms with Crippen LogP contribution in [-0.4, -0.2) is 36.3 Å². The molecule has 0 saturated carbocycles. The van der Waals surface area contributed by atoms with Gasteiger partial charge in [0.05, 0.1) is 0 Å². The average Bonchev–Trinajstić information content (AvgIpc) is 3.13. The van der Waals surface area contributed by atoms with Gasteiger partial charge in [-0.1, -0.05) is 13.0 Å². The molecule has 3 N–H and O–H groups in total. The van der Waals surface area contributed by atoms with E-state index in [-0.39, 0.29) is 17.7 Å². The van der Waals surface area contributed by atoms with Crippen LogP contribution in [0.15, 0.2) is 42.9 Å². The fourth-order valence-electron chi connectivity index (χ4n) is 3.00. The number of rotatable bonds is 6. The molecule has 2 heterocycles. The Morgan fingerprint density at radius 3 is 2.67 bits per heavy atom. The number of carboxylic acid groups (broad SMARTS) is 1. The van der Waals surface area contributed by atoms with Gasteiger partial charge in [0, 0.05) is 30.2 Å². The molecule has 2 atom stereocenters. The lowest BCUT2D eigenvalue weighted by atomic mass is 9.76. The Kier molecular flexibility index (Phi) is 4.95.